The van der Waals surface area contributed by atoms with E-state index in [0.717, 1.165) is 32.6 Å². The van der Waals surface area contributed by atoms with Gasteiger partial charge in [-0.3, -0.25) is 4.99 Å². The van der Waals surface area contributed by atoms with E-state index in [-0.39, 0.29) is 17.0 Å². The minimum atomic E-state index is -2.92. The molecule has 0 saturated carbocycles. The zero-order valence-electron chi connectivity index (χ0n) is 16.6. The Bertz CT molecular complexity index is 641. The zero-order valence-corrected chi connectivity index (χ0v) is 17.4. The number of hydrogen-bond acceptors (Lipinski definition) is 5. The van der Waals surface area contributed by atoms with Crippen molar-refractivity contribution >= 4 is 17.7 Å². The van der Waals surface area contributed by atoms with Crippen LogP contribution in [-0.2, 0) is 11.3 Å². The van der Waals surface area contributed by atoms with Crippen molar-refractivity contribution in [3.8, 4) is 11.5 Å². The summed E-state index contributed by atoms with van der Waals surface area (Å²) in [5.74, 6) is 0.950. The highest BCUT2D eigenvalue weighted by molar-refractivity contribution is 8.00. The molecule has 0 amide bonds. The summed E-state index contributed by atoms with van der Waals surface area (Å²) < 4.78 is 41.4. The van der Waals surface area contributed by atoms with E-state index in [1.54, 1.807) is 32.2 Å². The molecule has 6 nitrogen and oxygen atoms in total. The highest BCUT2D eigenvalue weighted by atomic mass is 32.2. The summed E-state index contributed by atoms with van der Waals surface area (Å²) in [5.41, 5.74) is 0.569. The maximum atomic E-state index is 12.8. The Morgan fingerprint density at radius 3 is 2.68 bits per heavy atom. The first kappa shape index (κ1) is 22.5. The van der Waals surface area contributed by atoms with E-state index in [0.29, 0.717) is 23.9 Å². The average molecular weight is 418 g/mol. The van der Waals surface area contributed by atoms with Crippen LogP contribution < -0.4 is 20.1 Å². The van der Waals surface area contributed by atoms with E-state index >= 15 is 0 Å². The van der Waals surface area contributed by atoms with Gasteiger partial charge in [0.25, 0.3) is 0 Å². The maximum Gasteiger partial charge on any atom is 0.387 e. The lowest BCUT2D eigenvalue weighted by molar-refractivity contribution is -0.0520. The van der Waals surface area contributed by atoms with Crippen molar-refractivity contribution in [2.45, 2.75) is 37.7 Å². The van der Waals surface area contributed by atoms with Gasteiger partial charge < -0.3 is 24.8 Å². The molecule has 1 fully saturated rings. The normalized spacial score (nSPS) is 16.7. The number of nitrogens with zero attached hydrogens (tertiary/aromatic N) is 1. The molecule has 0 aromatic heterocycles. The first-order valence-electron chi connectivity index (χ1n) is 9.30. The summed E-state index contributed by atoms with van der Waals surface area (Å²) in [7, 11) is 1.68. The van der Waals surface area contributed by atoms with Crippen LogP contribution in [0, 0.1) is 0 Å². The second-order valence-corrected chi connectivity index (χ2v) is 7.61. The largest absolute Gasteiger partial charge is 0.490 e. The van der Waals surface area contributed by atoms with Gasteiger partial charge in [-0.1, -0.05) is 12.1 Å². The van der Waals surface area contributed by atoms with Gasteiger partial charge in [-0.15, -0.1) is 0 Å². The number of halogens is 2. The molecule has 0 radical (unpaired) electrons. The molecule has 1 heterocycles. The fourth-order valence-corrected chi connectivity index (χ4v) is 3.82. The fourth-order valence-electron chi connectivity index (χ4n) is 3.03. The average Bonchev–Trinajstić information content (AvgIpc) is 2.70. The molecule has 0 atom stereocenters. The van der Waals surface area contributed by atoms with Gasteiger partial charge >= 0.3 is 6.61 Å². The molecular weight excluding hydrogens is 388 g/mol. The SMILES string of the molecule is CCOc1cccc(CNC(=NC)NCC2(SC)CCOCC2)c1OC(F)F. The molecule has 2 N–H and O–H groups in total. The van der Waals surface area contributed by atoms with Crippen molar-refractivity contribution in [3.63, 3.8) is 0 Å². The molecule has 1 aromatic carbocycles. The Kier molecular flexibility index (Phi) is 9.11. The smallest absolute Gasteiger partial charge is 0.387 e. The predicted molar refractivity (Wildman–Crippen MR) is 109 cm³/mol. The number of ether oxygens (including phenoxy) is 3. The van der Waals surface area contributed by atoms with Crippen LogP contribution in [0.15, 0.2) is 23.2 Å². The van der Waals surface area contributed by atoms with Gasteiger partial charge in [0.1, 0.15) is 0 Å². The zero-order chi connectivity index (χ0) is 20.4. The van der Waals surface area contributed by atoms with Gasteiger partial charge in [0.15, 0.2) is 17.5 Å². The van der Waals surface area contributed by atoms with Crippen molar-refractivity contribution in [3.05, 3.63) is 23.8 Å². The molecule has 0 unspecified atom stereocenters. The molecule has 9 heteroatoms. The van der Waals surface area contributed by atoms with Crippen LogP contribution in [0.3, 0.4) is 0 Å². The Morgan fingerprint density at radius 2 is 2.07 bits per heavy atom. The molecule has 1 aliphatic heterocycles. The number of guanidine groups is 1. The lowest BCUT2D eigenvalue weighted by Crippen LogP contribution is -2.47. The number of alkyl halides is 2. The summed E-state index contributed by atoms with van der Waals surface area (Å²) in [5, 5.41) is 6.51. The van der Waals surface area contributed by atoms with Crippen LogP contribution in [-0.4, -0.2) is 57.0 Å². The predicted octanol–water partition coefficient (Wildman–Crippen LogP) is 3.26. The molecular formula is C19H29F2N3O3S. The number of thioether (sulfide) groups is 1. The van der Waals surface area contributed by atoms with Gasteiger partial charge in [0.2, 0.25) is 0 Å². The maximum absolute atomic E-state index is 12.8. The van der Waals surface area contributed by atoms with Crippen LogP contribution >= 0.6 is 11.8 Å². The number of hydrogen-bond donors (Lipinski definition) is 2. The molecule has 0 spiro atoms. The third-order valence-electron chi connectivity index (χ3n) is 4.65. The topological polar surface area (TPSA) is 64.1 Å². The van der Waals surface area contributed by atoms with Crippen LogP contribution in [0.2, 0.25) is 0 Å². The lowest BCUT2D eigenvalue weighted by Gasteiger charge is -2.36. The van der Waals surface area contributed by atoms with Crippen LogP contribution in [0.1, 0.15) is 25.3 Å². The number of nitrogens with one attached hydrogen (secondary N) is 2. The molecule has 0 aliphatic carbocycles. The van der Waals surface area contributed by atoms with Gasteiger partial charge in [-0.2, -0.15) is 20.5 Å². The molecule has 28 heavy (non-hydrogen) atoms. The Labute approximate surface area is 169 Å². The minimum absolute atomic E-state index is 0.0484. The number of aliphatic imine (C=N–C) groups is 1. The van der Waals surface area contributed by atoms with Gasteiger partial charge in [-0.25, -0.2) is 0 Å². The molecule has 158 valence electrons. The molecule has 2 rings (SSSR count). The first-order valence-corrected chi connectivity index (χ1v) is 10.5. The van der Waals surface area contributed by atoms with Crippen molar-refractivity contribution in [2.24, 2.45) is 4.99 Å². The van der Waals surface area contributed by atoms with Crippen LogP contribution in [0.5, 0.6) is 11.5 Å². The van der Waals surface area contributed by atoms with Gasteiger partial charge in [0, 0.05) is 43.7 Å². The van der Waals surface area contributed by atoms with Crippen molar-refractivity contribution < 1.29 is 23.0 Å². The highest BCUT2D eigenvalue weighted by Crippen LogP contribution is 2.34. The third-order valence-corrected chi connectivity index (χ3v) is 6.07. The van der Waals surface area contributed by atoms with Crippen molar-refractivity contribution in [1.82, 2.24) is 10.6 Å². The fraction of sp³-hybridized carbons (Fsp3) is 0.632. The van der Waals surface area contributed by atoms with E-state index < -0.39 is 6.61 Å². The third kappa shape index (κ3) is 6.41. The van der Waals surface area contributed by atoms with E-state index in [2.05, 4.69) is 21.9 Å². The number of para-hydroxylation sites is 1. The highest BCUT2D eigenvalue weighted by Gasteiger charge is 2.31. The Hall–Kier alpha value is -1.74. The van der Waals surface area contributed by atoms with E-state index in [1.165, 1.54) is 0 Å². The summed E-state index contributed by atoms with van der Waals surface area (Å²) in [6.45, 7) is 1.77. The summed E-state index contributed by atoms with van der Waals surface area (Å²) in [6, 6.07) is 5.09. The van der Waals surface area contributed by atoms with E-state index in [1.807, 2.05) is 11.8 Å². The molecule has 0 bridgehead atoms. The van der Waals surface area contributed by atoms with E-state index in [4.69, 9.17) is 14.2 Å². The van der Waals surface area contributed by atoms with Crippen LogP contribution in [0.4, 0.5) is 8.78 Å². The standard InChI is InChI=1S/C19H29F2N3O3S/c1-4-26-15-7-5-6-14(16(15)27-17(20)21)12-23-18(22-2)24-13-19(28-3)8-10-25-11-9-19/h5-7,17H,4,8-13H2,1-3H3,(H2,22,23,24). The Balaban J connectivity index is 2.01. The summed E-state index contributed by atoms with van der Waals surface area (Å²) in [6.07, 6.45) is 4.05. The Morgan fingerprint density at radius 1 is 1.32 bits per heavy atom. The molecule has 1 aromatic rings. The van der Waals surface area contributed by atoms with Crippen molar-refractivity contribution in [1.29, 1.82) is 0 Å². The van der Waals surface area contributed by atoms with Crippen LogP contribution in [0.25, 0.3) is 0 Å². The molecule has 1 saturated heterocycles. The number of rotatable bonds is 9. The lowest BCUT2D eigenvalue weighted by atomic mass is 9.99. The second kappa shape index (κ2) is 11.3. The van der Waals surface area contributed by atoms with Gasteiger partial charge in [-0.05, 0) is 32.1 Å². The monoisotopic (exact) mass is 417 g/mol. The summed E-state index contributed by atoms with van der Waals surface area (Å²) in [4.78, 5) is 4.24. The quantitative estimate of drug-likeness (QED) is 0.475. The molecule has 1 aliphatic rings. The first-order chi connectivity index (χ1) is 13.5. The second-order valence-electron chi connectivity index (χ2n) is 6.33. The number of benzene rings is 1. The van der Waals surface area contributed by atoms with Gasteiger partial charge in [0.05, 0.1) is 6.61 Å². The van der Waals surface area contributed by atoms with Crippen molar-refractivity contribution in [2.75, 3.05) is 39.7 Å². The van der Waals surface area contributed by atoms with E-state index in [9.17, 15) is 8.78 Å². The minimum Gasteiger partial charge on any atom is -0.490 e. The summed E-state index contributed by atoms with van der Waals surface area (Å²) >= 11 is 1.83.